The normalized spacial score (nSPS) is 11.3. The minimum atomic E-state index is -0.231. The molecule has 182 valence electrons. The van der Waals surface area contributed by atoms with E-state index in [0.29, 0.717) is 28.4 Å². The molecular weight excluding hydrogens is 464 g/mol. The van der Waals surface area contributed by atoms with Gasteiger partial charge in [-0.25, -0.2) is 0 Å². The smallest absolute Gasteiger partial charge is 0.262 e. The van der Waals surface area contributed by atoms with Gasteiger partial charge in [0.2, 0.25) is 17.6 Å². The third-order valence-electron chi connectivity index (χ3n) is 5.43. The maximum Gasteiger partial charge on any atom is 0.262 e. The lowest BCUT2D eigenvalue weighted by atomic mass is 10.1. The predicted octanol–water partition coefficient (Wildman–Crippen LogP) is 2.68. The maximum absolute atomic E-state index is 13.2. The van der Waals surface area contributed by atoms with Crippen molar-refractivity contribution < 1.29 is 9.59 Å². The second-order valence-electron chi connectivity index (χ2n) is 8.62. The Bertz CT molecular complexity index is 1430. The molecule has 4 rings (SSSR count). The highest BCUT2D eigenvalue weighted by atomic mass is 32.2. The van der Waals surface area contributed by atoms with E-state index < -0.39 is 0 Å². The zero-order valence-corrected chi connectivity index (χ0v) is 20.8. The molecule has 2 N–H and O–H groups in total. The second-order valence-corrected chi connectivity index (χ2v) is 9.56. The number of aromatic nitrogens is 4. The Morgan fingerprint density at radius 3 is 2.51 bits per heavy atom. The monoisotopic (exact) mass is 492 g/mol. The van der Waals surface area contributed by atoms with E-state index in [9.17, 15) is 14.4 Å². The van der Waals surface area contributed by atoms with Gasteiger partial charge in [-0.2, -0.15) is 0 Å². The molecule has 35 heavy (non-hydrogen) atoms. The molecule has 0 radical (unpaired) electrons. The molecule has 0 aliphatic rings. The van der Waals surface area contributed by atoms with Crippen LogP contribution in [0.4, 0.5) is 0 Å². The summed E-state index contributed by atoms with van der Waals surface area (Å²) < 4.78 is 3.24. The van der Waals surface area contributed by atoms with Crippen molar-refractivity contribution in [2.45, 2.75) is 51.5 Å². The number of rotatable bonds is 9. The molecule has 2 aromatic carbocycles. The molecule has 2 amide bonds. The van der Waals surface area contributed by atoms with Crippen molar-refractivity contribution >= 4 is 40.3 Å². The maximum atomic E-state index is 13.2. The summed E-state index contributed by atoms with van der Waals surface area (Å²) in [5.41, 5.74) is 2.62. The minimum Gasteiger partial charge on any atom is -0.354 e. The lowest BCUT2D eigenvalue weighted by Gasteiger charge is -2.12. The van der Waals surface area contributed by atoms with E-state index >= 15 is 0 Å². The van der Waals surface area contributed by atoms with Gasteiger partial charge in [0, 0.05) is 25.6 Å². The molecule has 2 heterocycles. The number of carbonyl (C=O) groups excluding carboxylic acids is 2. The van der Waals surface area contributed by atoms with Crippen LogP contribution in [0.25, 0.3) is 16.7 Å². The summed E-state index contributed by atoms with van der Waals surface area (Å²) in [6.45, 7) is 6.41. The molecular formula is C25H28N6O3S. The van der Waals surface area contributed by atoms with Crippen LogP contribution in [0, 0.1) is 6.92 Å². The SMILES string of the molecule is Cc1ccc(CNC(=O)CSc2nnc3n(CCC(=O)NC(C)C)c(=O)c4ccccc4n23)cc1. The Labute approximate surface area is 206 Å². The molecule has 0 saturated carbocycles. The number of hydrogen-bond acceptors (Lipinski definition) is 6. The molecule has 0 spiro atoms. The fraction of sp³-hybridized carbons (Fsp3) is 0.320. The Morgan fingerprint density at radius 1 is 1.03 bits per heavy atom. The number of thioether (sulfide) groups is 1. The van der Waals surface area contributed by atoms with Crippen LogP contribution in [0.3, 0.4) is 0 Å². The van der Waals surface area contributed by atoms with Crippen molar-refractivity contribution in [2.75, 3.05) is 5.75 Å². The van der Waals surface area contributed by atoms with Gasteiger partial charge in [0.25, 0.3) is 5.56 Å². The molecule has 0 saturated heterocycles. The molecule has 9 nitrogen and oxygen atoms in total. The van der Waals surface area contributed by atoms with Gasteiger partial charge in [-0.05, 0) is 38.5 Å². The van der Waals surface area contributed by atoms with E-state index in [1.54, 1.807) is 16.5 Å². The van der Waals surface area contributed by atoms with Crippen LogP contribution in [0.5, 0.6) is 0 Å². The summed E-state index contributed by atoms with van der Waals surface area (Å²) in [4.78, 5) is 37.8. The van der Waals surface area contributed by atoms with Gasteiger partial charge in [0.1, 0.15) is 0 Å². The molecule has 10 heteroatoms. The van der Waals surface area contributed by atoms with Gasteiger partial charge < -0.3 is 10.6 Å². The molecule has 0 aliphatic carbocycles. The van der Waals surface area contributed by atoms with Crippen molar-refractivity contribution in [3.63, 3.8) is 0 Å². The van der Waals surface area contributed by atoms with Crippen LogP contribution >= 0.6 is 11.8 Å². The first-order chi connectivity index (χ1) is 16.8. The van der Waals surface area contributed by atoms with E-state index in [2.05, 4.69) is 20.8 Å². The van der Waals surface area contributed by atoms with Crippen LogP contribution < -0.4 is 16.2 Å². The van der Waals surface area contributed by atoms with Crippen LogP contribution in [0.2, 0.25) is 0 Å². The number of nitrogens with zero attached hydrogens (tertiary/aromatic N) is 4. The summed E-state index contributed by atoms with van der Waals surface area (Å²) in [5, 5.41) is 15.2. The Kier molecular flexibility index (Phi) is 7.50. The third-order valence-corrected chi connectivity index (χ3v) is 6.36. The van der Waals surface area contributed by atoms with Gasteiger partial charge in [-0.1, -0.05) is 53.7 Å². The van der Waals surface area contributed by atoms with Crippen molar-refractivity contribution in [1.82, 2.24) is 29.8 Å². The van der Waals surface area contributed by atoms with Gasteiger partial charge in [0.05, 0.1) is 16.7 Å². The molecule has 2 aromatic heterocycles. The highest BCUT2D eigenvalue weighted by molar-refractivity contribution is 7.99. The van der Waals surface area contributed by atoms with Crippen LogP contribution in [0.1, 0.15) is 31.4 Å². The van der Waals surface area contributed by atoms with E-state index in [1.165, 1.54) is 21.9 Å². The zero-order chi connectivity index (χ0) is 24.9. The van der Waals surface area contributed by atoms with Crippen molar-refractivity contribution in [2.24, 2.45) is 0 Å². The number of nitrogens with one attached hydrogen (secondary N) is 2. The van der Waals surface area contributed by atoms with Gasteiger partial charge in [-0.15, -0.1) is 10.2 Å². The third kappa shape index (κ3) is 5.71. The van der Waals surface area contributed by atoms with Crippen LogP contribution in [0.15, 0.2) is 58.5 Å². The summed E-state index contributed by atoms with van der Waals surface area (Å²) in [6.07, 6.45) is 0.142. The molecule has 0 unspecified atom stereocenters. The number of amides is 2. The quantitative estimate of drug-likeness (QED) is 0.348. The number of hydrogen-bond donors (Lipinski definition) is 2. The second kappa shape index (κ2) is 10.7. The summed E-state index contributed by atoms with van der Waals surface area (Å²) in [7, 11) is 0. The summed E-state index contributed by atoms with van der Waals surface area (Å²) in [5.74, 6) is 0.221. The lowest BCUT2D eigenvalue weighted by molar-refractivity contribution is -0.122. The first-order valence-electron chi connectivity index (χ1n) is 11.4. The highest BCUT2D eigenvalue weighted by Crippen LogP contribution is 2.21. The van der Waals surface area contributed by atoms with E-state index in [-0.39, 0.29) is 42.1 Å². The molecule has 0 aliphatic heterocycles. The van der Waals surface area contributed by atoms with Gasteiger partial charge in [-0.3, -0.25) is 23.4 Å². The van der Waals surface area contributed by atoms with Crippen molar-refractivity contribution in [3.8, 4) is 0 Å². The van der Waals surface area contributed by atoms with Gasteiger partial charge in [0.15, 0.2) is 5.16 Å². The molecule has 0 fully saturated rings. The highest BCUT2D eigenvalue weighted by Gasteiger charge is 2.18. The first-order valence-corrected chi connectivity index (χ1v) is 12.4. The first kappa shape index (κ1) is 24.5. The van der Waals surface area contributed by atoms with E-state index in [0.717, 1.165) is 5.56 Å². The number of para-hydroxylation sites is 1. The molecule has 0 bridgehead atoms. The van der Waals surface area contributed by atoms with Crippen molar-refractivity contribution in [3.05, 3.63) is 70.0 Å². The largest absolute Gasteiger partial charge is 0.354 e. The molecule has 4 aromatic rings. The minimum absolute atomic E-state index is 0.0177. The van der Waals surface area contributed by atoms with E-state index in [1.807, 2.05) is 57.2 Å². The number of aryl methyl sites for hydroxylation is 2. The average Bonchev–Trinajstić information content (AvgIpc) is 3.26. The average molecular weight is 493 g/mol. The Morgan fingerprint density at radius 2 is 1.77 bits per heavy atom. The Hall–Kier alpha value is -3.66. The van der Waals surface area contributed by atoms with Crippen LogP contribution in [-0.2, 0) is 22.7 Å². The van der Waals surface area contributed by atoms with Gasteiger partial charge >= 0.3 is 0 Å². The van der Waals surface area contributed by atoms with Crippen molar-refractivity contribution in [1.29, 1.82) is 0 Å². The summed E-state index contributed by atoms with van der Waals surface area (Å²) in [6, 6.07) is 15.2. The van der Waals surface area contributed by atoms with Crippen LogP contribution in [-0.4, -0.2) is 42.8 Å². The lowest BCUT2D eigenvalue weighted by Crippen LogP contribution is -2.32. The predicted molar refractivity (Wildman–Crippen MR) is 136 cm³/mol. The fourth-order valence-electron chi connectivity index (χ4n) is 3.72. The topological polar surface area (TPSA) is 110 Å². The summed E-state index contributed by atoms with van der Waals surface area (Å²) >= 11 is 1.25. The number of carbonyl (C=O) groups is 2. The standard InChI is InChI=1S/C25H28N6O3S/c1-16(2)27-21(32)12-13-30-23(34)19-6-4-5-7-20(19)31-24(30)28-29-25(31)35-15-22(33)26-14-18-10-8-17(3)9-11-18/h4-11,16H,12-15H2,1-3H3,(H,26,33)(H,27,32). The van der Waals surface area contributed by atoms with E-state index in [4.69, 9.17) is 0 Å². The number of fused-ring (bicyclic) bond motifs is 3. The Balaban J connectivity index is 1.55. The molecule has 0 atom stereocenters. The number of benzene rings is 2. The fourth-order valence-corrected chi connectivity index (χ4v) is 4.49. The zero-order valence-electron chi connectivity index (χ0n) is 19.9.